The Hall–Kier alpha value is -2.84. The first-order valence-corrected chi connectivity index (χ1v) is 10.0. The van der Waals surface area contributed by atoms with Crippen molar-refractivity contribution in [1.82, 2.24) is 10.9 Å². The fourth-order valence-corrected chi connectivity index (χ4v) is 3.14. The molecular weight excluding hydrogens is 486 g/mol. The van der Waals surface area contributed by atoms with Crippen LogP contribution in [0.1, 0.15) is 32.2 Å². The van der Waals surface area contributed by atoms with Crippen molar-refractivity contribution < 1.29 is 14.0 Å². The molecule has 158 valence electrons. The van der Waals surface area contributed by atoms with E-state index in [9.17, 15) is 9.59 Å². The minimum absolute atomic E-state index is 0.116. The molecule has 0 unspecified atom stereocenters. The van der Waals surface area contributed by atoms with Crippen LogP contribution in [0.3, 0.4) is 0 Å². The summed E-state index contributed by atoms with van der Waals surface area (Å²) in [5.41, 5.74) is 5.67. The van der Waals surface area contributed by atoms with E-state index in [0.29, 0.717) is 31.2 Å². The van der Waals surface area contributed by atoms with Crippen LogP contribution in [-0.2, 0) is 0 Å². The zero-order valence-corrected chi connectivity index (χ0v) is 18.4. The highest BCUT2D eigenvalue weighted by molar-refractivity contribution is 6.36. The Morgan fingerprint density at radius 3 is 1.52 bits per heavy atom. The number of furan rings is 1. The van der Waals surface area contributed by atoms with Gasteiger partial charge in [-0.25, -0.2) is 10.9 Å². The predicted octanol–water partition coefficient (Wildman–Crippen LogP) is 5.42. The lowest BCUT2D eigenvalue weighted by Gasteiger charge is -2.00. The summed E-state index contributed by atoms with van der Waals surface area (Å²) in [7, 11) is 0. The summed E-state index contributed by atoms with van der Waals surface area (Å²) in [6.07, 6.45) is 2.70. The van der Waals surface area contributed by atoms with Gasteiger partial charge in [-0.05, 0) is 36.4 Å². The standard InChI is InChI=1S/C20H12Cl4N4O3/c21-13-3-1-11(15(23)7-13)9-25-27-19(29)17-5-6-18(31-17)20(30)28-26-10-12-2-4-14(22)8-16(12)24/h1-10H,(H,27,29)(H,28,30)/b25-9+,26-10+. The van der Waals surface area contributed by atoms with Crippen LogP contribution in [0.15, 0.2) is 63.2 Å². The first kappa shape index (κ1) is 22.8. The first-order valence-electron chi connectivity index (χ1n) is 8.50. The number of carbonyl (C=O) groups is 2. The number of hydrazone groups is 2. The minimum Gasteiger partial charge on any atom is -0.446 e. The number of nitrogens with one attached hydrogen (secondary N) is 2. The predicted molar refractivity (Wildman–Crippen MR) is 122 cm³/mol. The molecule has 0 radical (unpaired) electrons. The topological polar surface area (TPSA) is 96.1 Å². The van der Waals surface area contributed by atoms with Gasteiger partial charge in [-0.3, -0.25) is 9.59 Å². The van der Waals surface area contributed by atoms with Crippen molar-refractivity contribution >= 4 is 70.6 Å². The molecule has 11 heteroatoms. The summed E-state index contributed by atoms with van der Waals surface area (Å²) >= 11 is 23.7. The second kappa shape index (κ2) is 10.5. The maximum atomic E-state index is 12.1. The molecule has 1 aromatic heterocycles. The Kier molecular flexibility index (Phi) is 7.70. The van der Waals surface area contributed by atoms with Crippen molar-refractivity contribution in [2.75, 3.05) is 0 Å². The lowest BCUT2D eigenvalue weighted by Crippen LogP contribution is -2.18. The normalized spacial score (nSPS) is 11.2. The van der Waals surface area contributed by atoms with E-state index in [4.69, 9.17) is 50.8 Å². The average molecular weight is 498 g/mol. The fourth-order valence-electron chi connectivity index (χ4n) is 2.23. The number of hydrogen-bond acceptors (Lipinski definition) is 5. The zero-order chi connectivity index (χ0) is 22.4. The smallest absolute Gasteiger partial charge is 0.307 e. The van der Waals surface area contributed by atoms with Gasteiger partial charge in [-0.2, -0.15) is 10.2 Å². The second-order valence-electron chi connectivity index (χ2n) is 5.89. The molecule has 0 aliphatic carbocycles. The van der Waals surface area contributed by atoms with Crippen molar-refractivity contribution in [1.29, 1.82) is 0 Å². The van der Waals surface area contributed by atoms with Crippen LogP contribution in [-0.4, -0.2) is 24.2 Å². The summed E-state index contributed by atoms with van der Waals surface area (Å²) in [5.74, 6) is -1.54. The van der Waals surface area contributed by atoms with Crippen LogP contribution >= 0.6 is 46.4 Å². The molecule has 3 rings (SSSR count). The van der Waals surface area contributed by atoms with Gasteiger partial charge in [0.25, 0.3) is 0 Å². The van der Waals surface area contributed by atoms with Crippen LogP contribution in [0.25, 0.3) is 0 Å². The molecule has 0 saturated carbocycles. The van der Waals surface area contributed by atoms with Crippen LogP contribution in [0.2, 0.25) is 20.1 Å². The number of halogens is 4. The molecule has 3 aromatic rings. The Balaban J connectivity index is 1.57. The molecule has 31 heavy (non-hydrogen) atoms. The first-order chi connectivity index (χ1) is 14.8. The quantitative estimate of drug-likeness (QED) is 0.351. The number of nitrogens with zero attached hydrogens (tertiary/aromatic N) is 2. The van der Waals surface area contributed by atoms with E-state index in [1.54, 1.807) is 36.4 Å². The molecule has 0 saturated heterocycles. The third-order valence-electron chi connectivity index (χ3n) is 3.72. The van der Waals surface area contributed by atoms with Gasteiger partial charge in [-0.15, -0.1) is 0 Å². The molecule has 0 bridgehead atoms. The summed E-state index contributed by atoms with van der Waals surface area (Å²) in [5, 5.41) is 9.32. The van der Waals surface area contributed by atoms with Gasteiger partial charge >= 0.3 is 11.8 Å². The minimum atomic E-state index is -0.656. The second-order valence-corrected chi connectivity index (χ2v) is 7.58. The zero-order valence-electron chi connectivity index (χ0n) is 15.4. The van der Waals surface area contributed by atoms with Crippen molar-refractivity contribution in [3.05, 3.63) is 91.3 Å². The molecular formula is C20H12Cl4N4O3. The maximum absolute atomic E-state index is 12.1. The molecule has 7 nitrogen and oxygen atoms in total. The van der Waals surface area contributed by atoms with Gasteiger partial charge in [0.05, 0.1) is 22.5 Å². The van der Waals surface area contributed by atoms with E-state index in [1.807, 2.05) is 0 Å². The van der Waals surface area contributed by atoms with Crippen LogP contribution in [0.5, 0.6) is 0 Å². The molecule has 1 heterocycles. The summed E-state index contributed by atoms with van der Waals surface area (Å²) in [6.45, 7) is 0. The van der Waals surface area contributed by atoms with Gasteiger partial charge < -0.3 is 4.42 Å². The van der Waals surface area contributed by atoms with Crippen molar-refractivity contribution in [3.63, 3.8) is 0 Å². The Bertz CT molecular complexity index is 1100. The van der Waals surface area contributed by atoms with E-state index < -0.39 is 11.8 Å². The average Bonchev–Trinajstić information content (AvgIpc) is 3.21. The number of amides is 2. The monoisotopic (exact) mass is 496 g/mol. The summed E-state index contributed by atoms with van der Waals surface area (Å²) < 4.78 is 5.23. The SMILES string of the molecule is O=C(N/N=C/c1ccc(Cl)cc1Cl)c1ccc(C(=O)N/N=C/c2ccc(Cl)cc2Cl)o1. The van der Waals surface area contributed by atoms with Gasteiger partial charge in [0.15, 0.2) is 11.5 Å². The largest absolute Gasteiger partial charge is 0.446 e. The molecule has 2 N–H and O–H groups in total. The highest BCUT2D eigenvalue weighted by Crippen LogP contribution is 2.20. The molecule has 0 aliphatic heterocycles. The number of carbonyl (C=O) groups excluding carboxylic acids is 2. The van der Waals surface area contributed by atoms with E-state index in [2.05, 4.69) is 21.1 Å². The van der Waals surface area contributed by atoms with E-state index in [-0.39, 0.29) is 11.5 Å². The third kappa shape index (κ3) is 6.32. The van der Waals surface area contributed by atoms with Crippen molar-refractivity contribution in [3.8, 4) is 0 Å². The van der Waals surface area contributed by atoms with Gasteiger partial charge in [0, 0.05) is 21.2 Å². The van der Waals surface area contributed by atoms with Gasteiger partial charge in [-0.1, -0.05) is 58.5 Å². The highest BCUT2D eigenvalue weighted by atomic mass is 35.5. The Morgan fingerprint density at radius 1 is 0.710 bits per heavy atom. The fraction of sp³-hybridized carbons (Fsp3) is 0. The van der Waals surface area contributed by atoms with Crippen LogP contribution < -0.4 is 10.9 Å². The molecule has 2 amide bonds. The molecule has 0 aliphatic rings. The van der Waals surface area contributed by atoms with Gasteiger partial charge in [0.1, 0.15) is 0 Å². The van der Waals surface area contributed by atoms with Crippen LogP contribution in [0.4, 0.5) is 0 Å². The lowest BCUT2D eigenvalue weighted by molar-refractivity contribution is 0.0902. The summed E-state index contributed by atoms with van der Waals surface area (Å²) in [4.78, 5) is 24.2. The highest BCUT2D eigenvalue weighted by Gasteiger charge is 2.15. The Labute approximate surface area is 196 Å². The third-order valence-corrected chi connectivity index (χ3v) is 4.84. The molecule has 2 aromatic carbocycles. The number of hydrogen-bond donors (Lipinski definition) is 2. The maximum Gasteiger partial charge on any atom is 0.307 e. The molecule has 0 spiro atoms. The Morgan fingerprint density at radius 2 is 1.13 bits per heavy atom. The summed E-state index contributed by atoms with van der Waals surface area (Å²) in [6, 6.07) is 12.3. The van der Waals surface area contributed by atoms with Crippen molar-refractivity contribution in [2.45, 2.75) is 0 Å². The van der Waals surface area contributed by atoms with Gasteiger partial charge in [0.2, 0.25) is 0 Å². The number of rotatable bonds is 6. The van der Waals surface area contributed by atoms with E-state index in [1.165, 1.54) is 24.6 Å². The van der Waals surface area contributed by atoms with E-state index in [0.717, 1.165) is 0 Å². The van der Waals surface area contributed by atoms with Crippen molar-refractivity contribution in [2.24, 2.45) is 10.2 Å². The molecule has 0 fully saturated rings. The lowest BCUT2D eigenvalue weighted by atomic mass is 10.2. The van der Waals surface area contributed by atoms with Crippen LogP contribution in [0, 0.1) is 0 Å². The van der Waals surface area contributed by atoms with E-state index >= 15 is 0 Å². The molecule has 0 atom stereocenters. The number of benzene rings is 2.